The molecule has 0 aromatic carbocycles. The standard InChI is InChI=1S/C12H14ClN3OS/c1-17-11-3-5-18-12(11)10(16-14)6-8-2-4-15-7-9(8)13/h2-5,7,10,16H,6,14H2,1H3. The zero-order chi connectivity index (χ0) is 13.0. The molecule has 2 rings (SSSR count). The average Bonchev–Trinajstić information content (AvgIpc) is 2.86. The van der Waals surface area contributed by atoms with Crippen molar-refractivity contribution >= 4 is 22.9 Å². The van der Waals surface area contributed by atoms with Crippen molar-refractivity contribution in [2.75, 3.05) is 7.11 Å². The summed E-state index contributed by atoms with van der Waals surface area (Å²) in [6.07, 6.45) is 4.05. The highest BCUT2D eigenvalue weighted by Crippen LogP contribution is 2.33. The zero-order valence-electron chi connectivity index (χ0n) is 9.89. The fraction of sp³-hybridized carbons (Fsp3) is 0.250. The first-order valence-corrected chi connectivity index (χ1v) is 6.68. The van der Waals surface area contributed by atoms with Gasteiger partial charge in [-0.05, 0) is 29.5 Å². The van der Waals surface area contributed by atoms with Crippen molar-refractivity contribution in [3.63, 3.8) is 0 Å². The van der Waals surface area contributed by atoms with E-state index in [0.29, 0.717) is 11.4 Å². The SMILES string of the molecule is COc1ccsc1C(Cc1ccncc1Cl)NN. The lowest BCUT2D eigenvalue weighted by Gasteiger charge is -2.16. The first kappa shape index (κ1) is 13.3. The molecule has 0 aliphatic heterocycles. The van der Waals surface area contributed by atoms with Crippen molar-refractivity contribution in [1.29, 1.82) is 0 Å². The van der Waals surface area contributed by atoms with Crippen molar-refractivity contribution in [1.82, 2.24) is 10.4 Å². The van der Waals surface area contributed by atoms with Crippen LogP contribution in [0.15, 0.2) is 29.9 Å². The molecular formula is C12H14ClN3OS. The van der Waals surface area contributed by atoms with Gasteiger partial charge in [-0.2, -0.15) is 0 Å². The second-order valence-corrected chi connectivity index (χ2v) is 5.10. The lowest BCUT2D eigenvalue weighted by Crippen LogP contribution is -2.29. The van der Waals surface area contributed by atoms with E-state index in [0.717, 1.165) is 16.2 Å². The van der Waals surface area contributed by atoms with Crippen LogP contribution in [-0.2, 0) is 6.42 Å². The number of nitrogens with one attached hydrogen (secondary N) is 1. The van der Waals surface area contributed by atoms with Gasteiger partial charge in [0.15, 0.2) is 0 Å². The number of halogens is 1. The number of hydrazine groups is 1. The summed E-state index contributed by atoms with van der Waals surface area (Å²) in [4.78, 5) is 5.03. The van der Waals surface area contributed by atoms with E-state index in [4.69, 9.17) is 22.2 Å². The van der Waals surface area contributed by atoms with Crippen molar-refractivity contribution in [3.05, 3.63) is 45.4 Å². The molecule has 0 amide bonds. The van der Waals surface area contributed by atoms with Gasteiger partial charge in [-0.15, -0.1) is 11.3 Å². The third kappa shape index (κ3) is 2.81. The summed E-state index contributed by atoms with van der Waals surface area (Å²) in [6, 6.07) is 3.80. The third-order valence-corrected chi connectivity index (χ3v) is 4.03. The van der Waals surface area contributed by atoms with Crippen molar-refractivity contribution < 1.29 is 4.74 Å². The van der Waals surface area contributed by atoms with E-state index in [-0.39, 0.29) is 6.04 Å². The molecule has 0 saturated carbocycles. The molecule has 0 fully saturated rings. The highest BCUT2D eigenvalue weighted by Gasteiger charge is 2.18. The van der Waals surface area contributed by atoms with Crippen molar-refractivity contribution in [2.24, 2.45) is 5.84 Å². The molecule has 0 spiro atoms. The Balaban J connectivity index is 2.23. The van der Waals surface area contributed by atoms with E-state index in [9.17, 15) is 0 Å². The van der Waals surface area contributed by atoms with E-state index in [2.05, 4.69) is 10.4 Å². The van der Waals surface area contributed by atoms with Gasteiger partial charge in [0.1, 0.15) is 5.75 Å². The lowest BCUT2D eigenvalue weighted by molar-refractivity contribution is 0.403. The topological polar surface area (TPSA) is 60.2 Å². The van der Waals surface area contributed by atoms with E-state index in [1.54, 1.807) is 30.8 Å². The molecule has 96 valence electrons. The van der Waals surface area contributed by atoms with Crippen molar-refractivity contribution in [2.45, 2.75) is 12.5 Å². The minimum Gasteiger partial charge on any atom is -0.496 e. The van der Waals surface area contributed by atoms with Crippen LogP contribution in [0, 0.1) is 0 Å². The van der Waals surface area contributed by atoms with Gasteiger partial charge >= 0.3 is 0 Å². The number of rotatable bonds is 5. The highest BCUT2D eigenvalue weighted by atomic mass is 35.5. The Kier molecular flexibility index (Phi) is 4.54. The second kappa shape index (κ2) is 6.15. The van der Waals surface area contributed by atoms with Gasteiger partial charge in [0.25, 0.3) is 0 Å². The predicted molar refractivity (Wildman–Crippen MR) is 73.9 cm³/mol. The number of hydrogen-bond acceptors (Lipinski definition) is 5. The quantitative estimate of drug-likeness (QED) is 0.654. The van der Waals surface area contributed by atoms with Gasteiger partial charge in [-0.1, -0.05) is 11.6 Å². The number of pyridine rings is 1. The van der Waals surface area contributed by atoms with Crippen LogP contribution in [0.3, 0.4) is 0 Å². The number of aromatic nitrogens is 1. The van der Waals surface area contributed by atoms with Crippen LogP contribution in [0.25, 0.3) is 0 Å². The van der Waals surface area contributed by atoms with Crippen LogP contribution in [0.2, 0.25) is 5.02 Å². The van der Waals surface area contributed by atoms with Crippen LogP contribution >= 0.6 is 22.9 Å². The molecule has 0 aliphatic rings. The molecular weight excluding hydrogens is 270 g/mol. The molecule has 0 saturated heterocycles. The number of hydrogen-bond donors (Lipinski definition) is 2. The summed E-state index contributed by atoms with van der Waals surface area (Å²) in [7, 11) is 1.65. The van der Waals surface area contributed by atoms with Crippen LogP contribution in [0.5, 0.6) is 5.75 Å². The number of thiophene rings is 1. The van der Waals surface area contributed by atoms with Crippen LogP contribution in [-0.4, -0.2) is 12.1 Å². The summed E-state index contributed by atoms with van der Waals surface area (Å²) in [5, 5.41) is 2.63. The van der Waals surface area contributed by atoms with E-state index in [1.807, 2.05) is 17.5 Å². The summed E-state index contributed by atoms with van der Waals surface area (Å²) in [5.74, 6) is 6.47. The number of nitrogens with zero attached hydrogens (tertiary/aromatic N) is 1. The normalized spacial score (nSPS) is 12.4. The first-order chi connectivity index (χ1) is 8.76. The van der Waals surface area contributed by atoms with Crippen LogP contribution in [0.4, 0.5) is 0 Å². The Labute approximate surface area is 115 Å². The van der Waals surface area contributed by atoms with Gasteiger partial charge < -0.3 is 4.74 Å². The molecule has 2 aromatic rings. The molecule has 0 radical (unpaired) electrons. The van der Waals surface area contributed by atoms with E-state index in [1.165, 1.54) is 0 Å². The average molecular weight is 284 g/mol. The summed E-state index contributed by atoms with van der Waals surface area (Å²) >= 11 is 7.71. The van der Waals surface area contributed by atoms with E-state index < -0.39 is 0 Å². The maximum atomic E-state index is 6.10. The Hall–Kier alpha value is -1.14. The predicted octanol–water partition coefficient (Wildman–Crippen LogP) is 2.55. The molecule has 0 bridgehead atoms. The molecule has 3 N–H and O–H groups in total. The lowest BCUT2D eigenvalue weighted by atomic mass is 10.1. The number of ether oxygens (including phenoxy) is 1. The molecule has 1 unspecified atom stereocenters. The monoisotopic (exact) mass is 283 g/mol. The Bertz CT molecular complexity index is 518. The zero-order valence-corrected chi connectivity index (χ0v) is 11.5. The minimum atomic E-state index is -0.0279. The van der Waals surface area contributed by atoms with Crippen LogP contribution < -0.4 is 16.0 Å². The molecule has 0 aliphatic carbocycles. The largest absolute Gasteiger partial charge is 0.496 e. The molecule has 6 heteroatoms. The van der Waals surface area contributed by atoms with Gasteiger partial charge in [0.05, 0.1) is 23.1 Å². The first-order valence-electron chi connectivity index (χ1n) is 5.42. The van der Waals surface area contributed by atoms with Crippen LogP contribution in [0.1, 0.15) is 16.5 Å². The Morgan fingerprint density at radius 2 is 2.39 bits per heavy atom. The Morgan fingerprint density at radius 1 is 1.56 bits per heavy atom. The molecule has 4 nitrogen and oxygen atoms in total. The number of nitrogens with two attached hydrogens (primary N) is 1. The van der Waals surface area contributed by atoms with Gasteiger partial charge in [0, 0.05) is 12.4 Å². The van der Waals surface area contributed by atoms with Gasteiger partial charge in [-0.3, -0.25) is 16.3 Å². The molecule has 1 atom stereocenters. The highest BCUT2D eigenvalue weighted by molar-refractivity contribution is 7.10. The summed E-state index contributed by atoms with van der Waals surface area (Å²) in [6.45, 7) is 0. The minimum absolute atomic E-state index is 0.0279. The smallest absolute Gasteiger partial charge is 0.134 e. The summed E-state index contributed by atoms with van der Waals surface area (Å²) < 4.78 is 5.31. The van der Waals surface area contributed by atoms with Gasteiger partial charge in [-0.25, -0.2) is 0 Å². The summed E-state index contributed by atoms with van der Waals surface area (Å²) in [5.41, 5.74) is 3.81. The fourth-order valence-electron chi connectivity index (χ4n) is 1.75. The third-order valence-electron chi connectivity index (χ3n) is 2.68. The maximum Gasteiger partial charge on any atom is 0.134 e. The van der Waals surface area contributed by atoms with Gasteiger partial charge in [0.2, 0.25) is 0 Å². The molecule has 2 aromatic heterocycles. The number of methoxy groups -OCH3 is 1. The maximum absolute atomic E-state index is 6.10. The second-order valence-electron chi connectivity index (χ2n) is 3.74. The molecule has 2 heterocycles. The van der Waals surface area contributed by atoms with Crippen molar-refractivity contribution in [3.8, 4) is 5.75 Å². The molecule has 18 heavy (non-hydrogen) atoms. The Morgan fingerprint density at radius 3 is 3.06 bits per heavy atom. The van der Waals surface area contributed by atoms with E-state index >= 15 is 0 Å². The fourth-order valence-corrected chi connectivity index (χ4v) is 2.87.